The smallest absolute Gasteiger partial charge is 0.160 e. The van der Waals surface area contributed by atoms with E-state index >= 15 is 0 Å². The van der Waals surface area contributed by atoms with Gasteiger partial charge in [-0.2, -0.15) is 11.8 Å². The molecule has 2 unspecified atom stereocenters. The summed E-state index contributed by atoms with van der Waals surface area (Å²) in [5, 5.41) is 4.47. The number of hydrogen-bond donors (Lipinski definition) is 1. The van der Waals surface area contributed by atoms with Gasteiger partial charge in [-0.05, 0) is 49.6 Å². The van der Waals surface area contributed by atoms with Gasteiger partial charge >= 0.3 is 0 Å². The van der Waals surface area contributed by atoms with Gasteiger partial charge in [-0.25, -0.2) is 0 Å². The molecule has 0 aromatic heterocycles. The molecular weight excluding hydrogens is 282 g/mol. The Morgan fingerprint density at radius 2 is 2.05 bits per heavy atom. The summed E-state index contributed by atoms with van der Waals surface area (Å²) in [6.45, 7) is 3.38. The van der Waals surface area contributed by atoms with E-state index in [1.165, 1.54) is 30.6 Å². The summed E-state index contributed by atoms with van der Waals surface area (Å²) in [7, 11) is 3.35. The summed E-state index contributed by atoms with van der Waals surface area (Å²) in [5.41, 5.74) is 1.28. The van der Waals surface area contributed by atoms with Crippen LogP contribution in [0.15, 0.2) is 18.2 Å². The van der Waals surface area contributed by atoms with E-state index in [1.54, 1.807) is 14.2 Å². The first-order valence-electron chi connectivity index (χ1n) is 7.79. The molecule has 1 fully saturated rings. The van der Waals surface area contributed by atoms with Crippen LogP contribution in [0.2, 0.25) is 0 Å². The minimum Gasteiger partial charge on any atom is -0.493 e. The molecule has 118 valence electrons. The number of ether oxygens (including phenoxy) is 2. The Balaban J connectivity index is 1.82. The lowest BCUT2D eigenvalue weighted by atomic mass is 10.1. The maximum atomic E-state index is 5.36. The molecule has 1 aliphatic heterocycles. The topological polar surface area (TPSA) is 30.5 Å². The third-order valence-corrected chi connectivity index (χ3v) is 5.36. The van der Waals surface area contributed by atoms with Crippen LogP contribution in [0.1, 0.15) is 31.7 Å². The van der Waals surface area contributed by atoms with Crippen LogP contribution in [0.3, 0.4) is 0 Å². The molecule has 1 aliphatic rings. The first-order chi connectivity index (χ1) is 10.2. The average Bonchev–Trinajstić information content (AvgIpc) is 2.53. The van der Waals surface area contributed by atoms with Gasteiger partial charge in [0.05, 0.1) is 14.2 Å². The van der Waals surface area contributed by atoms with Crippen molar-refractivity contribution in [2.24, 2.45) is 0 Å². The van der Waals surface area contributed by atoms with Crippen LogP contribution in [0.25, 0.3) is 0 Å². The van der Waals surface area contributed by atoms with Crippen molar-refractivity contribution in [1.82, 2.24) is 5.32 Å². The molecule has 0 radical (unpaired) electrons. The van der Waals surface area contributed by atoms with Gasteiger partial charge in [0, 0.05) is 17.8 Å². The lowest BCUT2D eigenvalue weighted by Crippen LogP contribution is -2.34. The first-order valence-corrected chi connectivity index (χ1v) is 8.83. The normalized spacial score (nSPS) is 20.0. The number of thioether (sulfide) groups is 1. The number of methoxy groups -OCH3 is 2. The number of rotatable bonds is 7. The van der Waals surface area contributed by atoms with Crippen molar-refractivity contribution in [2.45, 2.75) is 43.9 Å². The molecule has 0 bridgehead atoms. The Morgan fingerprint density at radius 1 is 1.24 bits per heavy atom. The second-order valence-electron chi connectivity index (χ2n) is 5.69. The fourth-order valence-corrected chi connectivity index (χ4v) is 3.99. The number of hydrogen-bond acceptors (Lipinski definition) is 4. The zero-order valence-corrected chi connectivity index (χ0v) is 14.2. The molecule has 1 heterocycles. The van der Waals surface area contributed by atoms with Crippen molar-refractivity contribution in [3.05, 3.63) is 23.8 Å². The largest absolute Gasteiger partial charge is 0.493 e. The molecule has 0 saturated carbocycles. The molecule has 2 rings (SSSR count). The highest BCUT2D eigenvalue weighted by atomic mass is 32.2. The van der Waals surface area contributed by atoms with E-state index in [2.05, 4.69) is 36.1 Å². The maximum Gasteiger partial charge on any atom is 0.160 e. The Kier molecular flexibility index (Phi) is 6.71. The zero-order chi connectivity index (χ0) is 15.1. The molecule has 0 spiro atoms. The quantitative estimate of drug-likeness (QED) is 0.835. The molecular formula is C17H27NO2S. The lowest BCUT2D eigenvalue weighted by Gasteiger charge is -2.24. The van der Waals surface area contributed by atoms with Crippen LogP contribution >= 0.6 is 11.8 Å². The van der Waals surface area contributed by atoms with Crippen LogP contribution in [0.4, 0.5) is 0 Å². The minimum atomic E-state index is 0.477. The van der Waals surface area contributed by atoms with E-state index in [-0.39, 0.29) is 0 Å². The highest BCUT2D eigenvalue weighted by Gasteiger charge is 2.15. The van der Waals surface area contributed by atoms with E-state index in [0.29, 0.717) is 6.04 Å². The third-order valence-electron chi connectivity index (χ3n) is 3.96. The Hall–Kier alpha value is -0.870. The summed E-state index contributed by atoms with van der Waals surface area (Å²) in [4.78, 5) is 0. The van der Waals surface area contributed by atoms with Crippen LogP contribution < -0.4 is 14.8 Å². The Bertz CT molecular complexity index is 433. The molecule has 1 aromatic rings. The predicted molar refractivity (Wildman–Crippen MR) is 90.8 cm³/mol. The molecule has 1 saturated heterocycles. The molecule has 0 aliphatic carbocycles. The fourth-order valence-electron chi connectivity index (χ4n) is 2.73. The second kappa shape index (κ2) is 8.54. The van der Waals surface area contributed by atoms with Crippen LogP contribution in [0.5, 0.6) is 11.5 Å². The molecule has 4 heteroatoms. The minimum absolute atomic E-state index is 0.477. The van der Waals surface area contributed by atoms with Gasteiger partial charge in [0.25, 0.3) is 0 Å². The van der Waals surface area contributed by atoms with E-state index < -0.39 is 0 Å². The SMILES string of the molecule is COc1ccc(CC(C)NCC2CCCCS2)cc1OC. The van der Waals surface area contributed by atoms with Crippen molar-refractivity contribution in [3.63, 3.8) is 0 Å². The van der Waals surface area contributed by atoms with Gasteiger partial charge in [0.15, 0.2) is 11.5 Å². The van der Waals surface area contributed by atoms with Gasteiger partial charge in [-0.1, -0.05) is 12.5 Å². The van der Waals surface area contributed by atoms with Crippen LogP contribution in [-0.2, 0) is 6.42 Å². The van der Waals surface area contributed by atoms with Crippen LogP contribution in [0, 0.1) is 0 Å². The molecule has 2 atom stereocenters. The Morgan fingerprint density at radius 3 is 2.71 bits per heavy atom. The average molecular weight is 309 g/mol. The summed E-state index contributed by atoms with van der Waals surface area (Å²) in [6.07, 6.45) is 5.16. The lowest BCUT2D eigenvalue weighted by molar-refractivity contribution is 0.354. The monoisotopic (exact) mass is 309 g/mol. The molecule has 1 aromatic carbocycles. The fraction of sp³-hybridized carbons (Fsp3) is 0.647. The zero-order valence-electron chi connectivity index (χ0n) is 13.4. The van der Waals surface area contributed by atoms with Crippen molar-refractivity contribution in [2.75, 3.05) is 26.5 Å². The van der Waals surface area contributed by atoms with Crippen molar-refractivity contribution in [3.8, 4) is 11.5 Å². The molecule has 3 nitrogen and oxygen atoms in total. The molecule has 1 N–H and O–H groups in total. The predicted octanol–water partition coefficient (Wildman–Crippen LogP) is 3.51. The second-order valence-corrected chi connectivity index (χ2v) is 7.10. The van der Waals surface area contributed by atoms with Gasteiger partial charge in [0.1, 0.15) is 0 Å². The number of benzene rings is 1. The van der Waals surface area contributed by atoms with Crippen molar-refractivity contribution in [1.29, 1.82) is 0 Å². The summed E-state index contributed by atoms with van der Waals surface area (Å²) < 4.78 is 10.6. The van der Waals surface area contributed by atoms with Gasteiger partial charge < -0.3 is 14.8 Å². The molecule has 0 amide bonds. The number of nitrogens with one attached hydrogen (secondary N) is 1. The van der Waals surface area contributed by atoms with Gasteiger partial charge in [-0.15, -0.1) is 0 Å². The van der Waals surface area contributed by atoms with E-state index in [1.807, 2.05) is 6.07 Å². The highest BCUT2D eigenvalue weighted by Crippen LogP contribution is 2.28. The first kappa shape index (κ1) is 16.5. The summed E-state index contributed by atoms with van der Waals surface area (Å²) >= 11 is 2.12. The van der Waals surface area contributed by atoms with Crippen LogP contribution in [-0.4, -0.2) is 37.8 Å². The van der Waals surface area contributed by atoms with E-state index in [9.17, 15) is 0 Å². The van der Waals surface area contributed by atoms with E-state index in [4.69, 9.17) is 9.47 Å². The van der Waals surface area contributed by atoms with Gasteiger partial charge in [-0.3, -0.25) is 0 Å². The highest BCUT2D eigenvalue weighted by molar-refractivity contribution is 7.99. The standard InChI is InChI=1S/C17H27NO2S/c1-13(18-12-15-6-4-5-9-21-15)10-14-7-8-16(19-2)17(11-14)20-3/h7-8,11,13,15,18H,4-6,9-10,12H2,1-3H3. The van der Waals surface area contributed by atoms with E-state index in [0.717, 1.165) is 29.7 Å². The summed E-state index contributed by atoms with van der Waals surface area (Å²) in [6, 6.07) is 6.66. The molecule has 21 heavy (non-hydrogen) atoms. The third kappa shape index (κ3) is 5.11. The Labute approximate surface area is 132 Å². The van der Waals surface area contributed by atoms with Crippen molar-refractivity contribution < 1.29 is 9.47 Å². The van der Waals surface area contributed by atoms with Gasteiger partial charge in [0.2, 0.25) is 0 Å². The van der Waals surface area contributed by atoms with Crippen molar-refractivity contribution >= 4 is 11.8 Å². The summed E-state index contributed by atoms with van der Waals surface area (Å²) in [5.74, 6) is 2.93. The maximum absolute atomic E-state index is 5.36.